The second kappa shape index (κ2) is 8.63. The summed E-state index contributed by atoms with van der Waals surface area (Å²) in [6, 6.07) is 9.84. The largest absolute Gasteiger partial charge is 0.483 e. The Labute approximate surface area is 174 Å². The second-order valence-corrected chi connectivity index (χ2v) is 10.2. The number of carbonyl (C=O) groups is 1. The summed E-state index contributed by atoms with van der Waals surface area (Å²) in [5.74, 6) is 0.346. The third-order valence-corrected chi connectivity index (χ3v) is 5.89. The lowest BCUT2D eigenvalue weighted by atomic mass is 10.1. The van der Waals surface area contributed by atoms with Crippen LogP contribution < -0.4 is 14.8 Å². The lowest BCUT2D eigenvalue weighted by molar-refractivity contribution is -0.118. The molecule has 2 aromatic rings. The van der Waals surface area contributed by atoms with Crippen LogP contribution in [0, 0.1) is 13.8 Å². The summed E-state index contributed by atoms with van der Waals surface area (Å²) in [5.41, 5.74) is 1.78. The molecule has 0 aromatic heterocycles. The van der Waals surface area contributed by atoms with Gasteiger partial charge in [0.1, 0.15) is 5.75 Å². The molecule has 2 aromatic carbocycles. The van der Waals surface area contributed by atoms with Crippen LogP contribution in [-0.2, 0) is 14.8 Å². The summed E-state index contributed by atoms with van der Waals surface area (Å²) < 4.78 is 33.8. The smallest absolute Gasteiger partial charge is 0.262 e. The average molecular weight is 469 g/mol. The fourth-order valence-electron chi connectivity index (χ4n) is 2.64. The fraction of sp³-hybridized carbons (Fsp3) is 0.350. The second-order valence-electron chi connectivity index (χ2n) is 7.59. The maximum atomic E-state index is 12.3. The number of sulfonamides is 1. The van der Waals surface area contributed by atoms with Crippen LogP contribution >= 0.6 is 15.9 Å². The van der Waals surface area contributed by atoms with Crippen LogP contribution in [-0.4, -0.2) is 26.5 Å². The van der Waals surface area contributed by atoms with Gasteiger partial charge in [-0.1, -0.05) is 15.9 Å². The number of ether oxygens (including phenoxy) is 1. The molecule has 0 unspecified atom stereocenters. The maximum Gasteiger partial charge on any atom is 0.262 e. The average Bonchev–Trinajstić information content (AvgIpc) is 2.52. The third kappa shape index (κ3) is 6.32. The van der Waals surface area contributed by atoms with Crippen molar-refractivity contribution >= 4 is 37.5 Å². The fourth-order valence-corrected chi connectivity index (χ4v) is 4.74. The molecule has 0 aliphatic heterocycles. The molecule has 0 aliphatic carbocycles. The van der Waals surface area contributed by atoms with Crippen LogP contribution in [0.4, 0.5) is 5.69 Å². The van der Waals surface area contributed by atoms with Gasteiger partial charge in [0, 0.05) is 15.7 Å². The molecule has 2 N–H and O–H groups in total. The Kier molecular flexibility index (Phi) is 6.90. The highest BCUT2D eigenvalue weighted by molar-refractivity contribution is 9.10. The van der Waals surface area contributed by atoms with Gasteiger partial charge < -0.3 is 10.1 Å². The number of benzene rings is 2. The molecule has 0 atom stereocenters. The predicted molar refractivity (Wildman–Crippen MR) is 114 cm³/mol. The lowest BCUT2D eigenvalue weighted by Gasteiger charge is -2.20. The van der Waals surface area contributed by atoms with Gasteiger partial charge in [0.05, 0.1) is 4.90 Å². The van der Waals surface area contributed by atoms with Gasteiger partial charge in [0.2, 0.25) is 10.0 Å². The Bertz CT molecular complexity index is 942. The summed E-state index contributed by atoms with van der Waals surface area (Å²) in [6.45, 7) is 9.00. The first-order chi connectivity index (χ1) is 12.9. The van der Waals surface area contributed by atoms with E-state index >= 15 is 0 Å². The first kappa shape index (κ1) is 22.4. The number of anilines is 1. The molecule has 0 aliphatic rings. The highest BCUT2D eigenvalue weighted by Crippen LogP contribution is 2.27. The van der Waals surface area contributed by atoms with Crippen molar-refractivity contribution in [2.75, 3.05) is 11.9 Å². The summed E-state index contributed by atoms with van der Waals surface area (Å²) >= 11 is 3.42. The predicted octanol–water partition coefficient (Wildman–Crippen LogP) is 4.16. The normalized spacial score (nSPS) is 11.9. The van der Waals surface area contributed by atoms with E-state index in [1.807, 2.05) is 26.0 Å². The number of rotatable bonds is 6. The molecule has 0 heterocycles. The number of amides is 1. The van der Waals surface area contributed by atoms with Gasteiger partial charge in [-0.2, -0.15) is 0 Å². The molecule has 0 saturated heterocycles. The Hall–Kier alpha value is -1.90. The molecule has 0 radical (unpaired) electrons. The summed E-state index contributed by atoms with van der Waals surface area (Å²) in [6.07, 6.45) is 0. The Morgan fingerprint density at radius 1 is 1.07 bits per heavy atom. The highest BCUT2D eigenvalue weighted by atomic mass is 79.9. The quantitative estimate of drug-likeness (QED) is 0.666. The van der Waals surface area contributed by atoms with Gasteiger partial charge >= 0.3 is 0 Å². The summed E-state index contributed by atoms with van der Waals surface area (Å²) in [4.78, 5) is 12.3. The standard InChI is InChI=1S/C20H25BrN2O4S/c1-13-10-15(21)11-14(2)19(13)27-12-18(24)22-16-6-8-17(9-7-16)28(25,26)23-20(3,4)5/h6-11,23H,12H2,1-5H3,(H,22,24). The molecule has 152 valence electrons. The molecule has 8 heteroatoms. The van der Waals surface area contributed by atoms with Crippen molar-refractivity contribution in [1.82, 2.24) is 4.72 Å². The van der Waals surface area contributed by atoms with Gasteiger partial charge in [-0.3, -0.25) is 4.79 Å². The van der Waals surface area contributed by atoms with Crippen molar-refractivity contribution in [3.63, 3.8) is 0 Å². The monoisotopic (exact) mass is 468 g/mol. The Morgan fingerprint density at radius 2 is 1.61 bits per heavy atom. The molecule has 0 saturated carbocycles. The first-order valence-electron chi connectivity index (χ1n) is 8.71. The van der Waals surface area contributed by atoms with Crippen molar-refractivity contribution < 1.29 is 17.9 Å². The molecular weight excluding hydrogens is 444 g/mol. The zero-order valence-electron chi connectivity index (χ0n) is 16.6. The molecule has 2 rings (SSSR count). The van der Waals surface area contributed by atoms with Gasteiger partial charge in [0.15, 0.2) is 6.61 Å². The topological polar surface area (TPSA) is 84.5 Å². The van der Waals surface area contributed by atoms with Crippen molar-refractivity contribution in [1.29, 1.82) is 0 Å². The van der Waals surface area contributed by atoms with E-state index in [4.69, 9.17) is 4.74 Å². The Balaban J connectivity index is 2.00. The number of hydrogen-bond donors (Lipinski definition) is 2. The van der Waals surface area contributed by atoms with E-state index in [0.29, 0.717) is 11.4 Å². The molecule has 1 amide bonds. The zero-order valence-corrected chi connectivity index (χ0v) is 19.0. The van der Waals surface area contributed by atoms with Crippen LogP contribution in [0.15, 0.2) is 45.8 Å². The van der Waals surface area contributed by atoms with Crippen LogP contribution in [0.5, 0.6) is 5.75 Å². The first-order valence-corrected chi connectivity index (χ1v) is 11.0. The van der Waals surface area contributed by atoms with Gasteiger partial charge in [-0.25, -0.2) is 13.1 Å². The molecule has 28 heavy (non-hydrogen) atoms. The van der Waals surface area contributed by atoms with E-state index < -0.39 is 15.6 Å². The summed E-state index contributed by atoms with van der Waals surface area (Å²) in [5, 5.41) is 2.70. The third-order valence-electron chi connectivity index (χ3n) is 3.66. The molecule has 0 fully saturated rings. The SMILES string of the molecule is Cc1cc(Br)cc(C)c1OCC(=O)Nc1ccc(S(=O)(=O)NC(C)(C)C)cc1. The molecule has 0 bridgehead atoms. The van der Waals surface area contributed by atoms with E-state index in [-0.39, 0.29) is 17.4 Å². The minimum absolute atomic E-state index is 0.137. The van der Waals surface area contributed by atoms with E-state index in [1.54, 1.807) is 32.9 Å². The number of carbonyl (C=O) groups excluding carboxylic acids is 1. The minimum atomic E-state index is -3.61. The van der Waals surface area contributed by atoms with E-state index in [1.165, 1.54) is 12.1 Å². The molecule has 0 spiro atoms. The van der Waals surface area contributed by atoms with Crippen molar-refractivity contribution in [3.8, 4) is 5.75 Å². The highest BCUT2D eigenvalue weighted by Gasteiger charge is 2.21. The number of aryl methyl sites for hydroxylation is 2. The van der Waals surface area contributed by atoms with Crippen LogP contribution in [0.3, 0.4) is 0 Å². The van der Waals surface area contributed by atoms with Crippen molar-refractivity contribution in [2.24, 2.45) is 0 Å². The number of hydrogen-bond acceptors (Lipinski definition) is 4. The molecule has 6 nitrogen and oxygen atoms in total. The van der Waals surface area contributed by atoms with E-state index in [2.05, 4.69) is 26.0 Å². The van der Waals surface area contributed by atoms with Crippen LogP contribution in [0.2, 0.25) is 0 Å². The lowest BCUT2D eigenvalue weighted by Crippen LogP contribution is -2.40. The van der Waals surface area contributed by atoms with Crippen molar-refractivity contribution in [3.05, 3.63) is 52.0 Å². The van der Waals surface area contributed by atoms with Gasteiger partial charge in [-0.15, -0.1) is 0 Å². The van der Waals surface area contributed by atoms with Crippen molar-refractivity contribution in [2.45, 2.75) is 45.1 Å². The summed E-state index contributed by atoms with van der Waals surface area (Å²) in [7, 11) is -3.61. The van der Waals surface area contributed by atoms with Crippen LogP contribution in [0.25, 0.3) is 0 Å². The number of halogens is 1. The maximum absolute atomic E-state index is 12.3. The van der Waals surface area contributed by atoms with E-state index in [9.17, 15) is 13.2 Å². The van der Waals surface area contributed by atoms with Gasteiger partial charge in [0.25, 0.3) is 5.91 Å². The minimum Gasteiger partial charge on any atom is -0.483 e. The molecular formula is C20H25BrN2O4S. The number of nitrogens with one attached hydrogen (secondary N) is 2. The zero-order chi connectivity index (χ0) is 21.1. The van der Waals surface area contributed by atoms with Crippen LogP contribution in [0.1, 0.15) is 31.9 Å². The Morgan fingerprint density at radius 3 is 2.11 bits per heavy atom. The van der Waals surface area contributed by atoms with E-state index in [0.717, 1.165) is 15.6 Å². The van der Waals surface area contributed by atoms with Gasteiger partial charge in [-0.05, 0) is 82.1 Å².